The van der Waals surface area contributed by atoms with Crippen LogP contribution in [0.15, 0.2) is 90.0 Å². The summed E-state index contributed by atoms with van der Waals surface area (Å²) in [6, 6.07) is 24.4. The van der Waals surface area contributed by atoms with Crippen LogP contribution in [0.25, 0.3) is 10.8 Å². The molecule has 4 aromatic carbocycles. The Balaban J connectivity index is 1.32. The number of hydrazone groups is 1. The molecule has 10 heteroatoms. The SMILES string of the molecule is O=C(Cc1ccc([N+](=O)[O-])cc1[N+](=O)[O-])NN=Cc1ccc(OCc2cccc3ccccc23)cc1. The number of ether oxygens (including phenoxy) is 1. The number of non-ortho nitro benzene ring substituents is 1. The third-order valence-electron chi connectivity index (χ3n) is 5.38. The van der Waals surface area contributed by atoms with E-state index in [1.807, 2.05) is 24.3 Å². The molecule has 0 unspecified atom stereocenters. The molecule has 0 heterocycles. The molecule has 4 aromatic rings. The van der Waals surface area contributed by atoms with E-state index >= 15 is 0 Å². The molecule has 0 aromatic heterocycles. The molecule has 0 aliphatic carbocycles. The highest BCUT2D eigenvalue weighted by Crippen LogP contribution is 2.25. The first-order valence-electron chi connectivity index (χ1n) is 10.8. The smallest absolute Gasteiger partial charge is 0.279 e. The Kier molecular flexibility index (Phi) is 7.25. The van der Waals surface area contributed by atoms with Crippen molar-refractivity contribution in [2.24, 2.45) is 5.10 Å². The first kappa shape index (κ1) is 24.0. The predicted molar refractivity (Wildman–Crippen MR) is 134 cm³/mol. The molecule has 180 valence electrons. The molecule has 0 aliphatic rings. The van der Waals surface area contributed by atoms with Gasteiger partial charge in [-0.25, -0.2) is 5.43 Å². The Labute approximate surface area is 205 Å². The lowest BCUT2D eigenvalue weighted by atomic mass is 10.1. The number of hydrogen-bond donors (Lipinski definition) is 1. The van der Waals surface area contributed by atoms with Crippen LogP contribution in [0.3, 0.4) is 0 Å². The summed E-state index contributed by atoms with van der Waals surface area (Å²) < 4.78 is 5.91. The highest BCUT2D eigenvalue weighted by atomic mass is 16.6. The maximum absolute atomic E-state index is 12.2. The van der Waals surface area contributed by atoms with Gasteiger partial charge in [0.25, 0.3) is 11.4 Å². The van der Waals surface area contributed by atoms with E-state index in [0.29, 0.717) is 17.9 Å². The minimum Gasteiger partial charge on any atom is -0.489 e. The highest BCUT2D eigenvalue weighted by Gasteiger charge is 2.21. The lowest BCUT2D eigenvalue weighted by Gasteiger charge is -2.09. The van der Waals surface area contributed by atoms with Crippen LogP contribution in [0.5, 0.6) is 5.75 Å². The van der Waals surface area contributed by atoms with Crippen molar-refractivity contribution in [3.63, 3.8) is 0 Å². The summed E-state index contributed by atoms with van der Waals surface area (Å²) in [7, 11) is 0. The van der Waals surface area contributed by atoms with Crippen LogP contribution in [0.1, 0.15) is 16.7 Å². The minimum absolute atomic E-state index is 0.0472. The monoisotopic (exact) mass is 484 g/mol. The number of benzene rings is 4. The standard InChI is InChI=1S/C26H20N4O6/c31-26(14-20-10-11-22(29(32)33)15-25(20)30(34)35)28-27-16-18-8-12-23(13-9-18)36-17-21-6-3-5-19-4-1-2-7-24(19)21/h1-13,15-16H,14,17H2,(H,28,31). The molecule has 0 bridgehead atoms. The summed E-state index contributed by atoms with van der Waals surface area (Å²) in [5.74, 6) is 0.0767. The van der Waals surface area contributed by atoms with Gasteiger partial charge in [0.15, 0.2) is 0 Å². The van der Waals surface area contributed by atoms with Gasteiger partial charge in [0.1, 0.15) is 12.4 Å². The number of hydrogen-bond acceptors (Lipinski definition) is 7. The Morgan fingerprint density at radius 3 is 2.39 bits per heavy atom. The first-order valence-corrected chi connectivity index (χ1v) is 10.8. The molecule has 4 rings (SSSR count). The van der Waals surface area contributed by atoms with Crippen molar-refractivity contribution in [2.75, 3.05) is 0 Å². The van der Waals surface area contributed by atoms with E-state index in [1.54, 1.807) is 24.3 Å². The van der Waals surface area contributed by atoms with Crippen LogP contribution in [0.2, 0.25) is 0 Å². The van der Waals surface area contributed by atoms with Gasteiger partial charge in [-0.3, -0.25) is 25.0 Å². The van der Waals surface area contributed by atoms with Gasteiger partial charge in [-0.1, -0.05) is 42.5 Å². The lowest BCUT2D eigenvalue weighted by molar-refractivity contribution is -0.394. The van der Waals surface area contributed by atoms with E-state index in [9.17, 15) is 25.0 Å². The van der Waals surface area contributed by atoms with Crippen LogP contribution >= 0.6 is 0 Å². The third-order valence-corrected chi connectivity index (χ3v) is 5.38. The van der Waals surface area contributed by atoms with Gasteiger partial charge in [0.05, 0.1) is 28.5 Å². The van der Waals surface area contributed by atoms with E-state index in [0.717, 1.165) is 28.5 Å². The number of nitrogens with one attached hydrogen (secondary N) is 1. The zero-order valence-electron chi connectivity index (χ0n) is 18.9. The Morgan fingerprint density at radius 1 is 0.889 bits per heavy atom. The van der Waals surface area contributed by atoms with E-state index in [-0.39, 0.29) is 12.0 Å². The van der Waals surface area contributed by atoms with Crippen LogP contribution in [0.4, 0.5) is 11.4 Å². The van der Waals surface area contributed by atoms with Crippen molar-refractivity contribution in [3.05, 3.63) is 122 Å². The molecule has 1 amide bonds. The Hall–Kier alpha value is -5.12. The molecular weight excluding hydrogens is 464 g/mol. The summed E-state index contributed by atoms with van der Waals surface area (Å²) in [4.78, 5) is 32.7. The quantitative estimate of drug-likeness (QED) is 0.203. The van der Waals surface area contributed by atoms with E-state index in [1.165, 1.54) is 12.3 Å². The van der Waals surface area contributed by atoms with Crippen molar-refractivity contribution in [1.29, 1.82) is 0 Å². The average molecular weight is 484 g/mol. The predicted octanol–water partition coefficient (Wildman–Crippen LogP) is 4.93. The summed E-state index contributed by atoms with van der Waals surface area (Å²) >= 11 is 0. The van der Waals surface area contributed by atoms with Gasteiger partial charge in [-0.05, 0) is 52.2 Å². The van der Waals surface area contributed by atoms with Crippen molar-refractivity contribution in [1.82, 2.24) is 5.43 Å². The van der Waals surface area contributed by atoms with Gasteiger partial charge in [-0.15, -0.1) is 0 Å². The second-order valence-corrected chi connectivity index (χ2v) is 7.79. The van der Waals surface area contributed by atoms with E-state index < -0.39 is 27.1 Å². The zero-order chi connectivity index (χ0) is 25.5. The first-order chi connectivity index (χ1) is 17.4. The van der Waals surface area contributed by atoms with E-state index in [4.69, 9.17) is 4.74 Å². The summed E-state index contributed by atoms with van der Waals surface area (Å²) in [6.45, 7) is 0.416. The van der Waals surface area contributed by atoms with Gasteiger partial charge in [-0.2, -0.15) is 5.10 Å². The molecule has 36 heavy (non-hydrogen) atoms. The topological polar surface area (TPSA) is 137 Å². The number of nitro benzene ring substituents is 2. The van der Waals surface area contributed by atoms with Crippen LogP contribution in [-0.4, -0.2) is 22.0 Å². The van der Waals surface area contributed by atoms with Crippen molar-refractivity contribution in [2.45, 2.75) is 13.0 Å². The average Bonchev–Trinajstić information content (AvgIpc) is 2.88. The molecule has 0 saturated heterocycles. The molecule has 0 saturated carbocycles. The second-order valence-electron chi connectivity index (χ2n) is 7.79. The van der Waals surface area contributed by atoms with Crippen LogP contribution in [0, 0.1) is 20.2 Å². The Bertz CT molecular complexity index is 1460. The number of nitrogens with zero attached hydrogens (tertiary/aromatic N) is 3. The summed E-state index contributed by atoms with van der Waals surface area (Å²) in [5.41, 5.74) is 3.21. The van der Waals surface area contributed by atoms with Crippen molar-refractivity contribution in [3.8, 4) is 5.75 Å². The number of carbonyl (C=O) groups excluding carboxylic acids is 1. The molecule has 10 nitrogen and oxygen atoms in total. The number of rotatable bonds is 9. The fraction of sp³-hybridized carbons (Fsp3) is 0.0769. The number of nitro groups is 2. The highest BCUT2D eigenvalue weighted by molar-refractivity contribution is 5.86. The van der Waals surface area contributed by atoms with E-state index in [2.05, 4.69) is 28.7 Å². The molecule has 0 fully saturated rings. The maximum atomic E-state index is 12.2. The van der Waals surface area contributed by atoms with Crippen LogP contribution < -0.4 is 10.2 Å². The number of amides is 1. The van der Waals surface area contributed by atoms with Crippen molar-refractivity contribution >= 4 is 34.3 Å². The normalized spacial score (nSPS) is 10.9. The van der Waals surface area contributed by atoms with Crippen molar-refractivity contribution < 1.29 is 19.4 Å². The molecule has 1 N–H and O–H groups in total. The second kappa shape index (κ2) is 10.9. The lowest BCUT2D eigenvalue weighted by Crippen LogP contribution is -2.20. The minimum atomic E-state index is -0.761. The number of fused-ring (bicyclic) bond motifs is 1. The fourth-order valence-electron chi connectivity index (χ4n) is 3.61. The number of carbonyl (C=O) groups is 1. The Morgan fingerprint density at radius 2 is 1.64 bits per heavy atom. The van der Waals surface area contributed by atoms with Gasteiger partial charge < -0.3 is 4.74 Å². The summed E-state index contributed by atoms with van der Waals surface area (Å²) in [5, 5.41) is 28.2. The van der Waals surface area contributed by atoms with Gasteiger partial charge in [0.2, 0.25) is 5.91 Å². The third kappa shape index (κ3) is 5.86. The molecule has 0 atom stereocenters. The fourth-order valence-corrected chi connectivity index (χ4v) is 3.61. The molecule has 0 radical (unpaired) electrons. The maximum Gasteiger partial charge on any atom is 0.279 e. The largest absolute Gasteiger partial charge is 0.489 e. The molecule has 0 aliphatic heterocycles. The van der Waals surface area contributed by atoms with Gasteiger partial charge in [0, 0.05) is 11.6 Å². The molecular formula is C26H20N4O6. The van der Waals surface area contributed by atoms with Crippen LogP contribution in [-0.2, 0) is 17.8 Å². The van der Waals surface area contributed by atoms with Gasteiger partial charge >= 0.3 is 0 Å². The molecule has 0 spiro atoms. The summed E-state index contributed by atoms with van der Waals surface area (Å²) in [6.07, 6.45) is 1.07. The zero-order valence-corrected chi connectivity index (χ0v) is 18.9.